The number of benzene rings is 2. The predicted molar refractivity (Wildman–Crippen MR) is 84.3 cm³/mol. The minimum atomic E-state index is -0.972. The first kappa shape index (κ1) is 15.4. The summed E-state index contributed by atoms with van der Waals surface area (Å²) in [5, 5.41) is 9.68. The first-order valence-corrected chi connectivity index (χ1v) is 6.86. The molecule has 2 aromatic rings. The third-order valence-electron chi connectivity index (χ3n) is 2.77. The van der Waals surface area contributed by atoms with Crippen molar-refractivity contribution in [3.05, 3.63) is 64.1 Å². The van der Waals surface area contributed by atoms with Crippen LogP contribution in [-0.4, -0.2) is 11.1 Å². The molecule has 0 saturated heterocycles. The molecule has 5 heteroatoms. The smallest absolute Gasteiger partial charge is 0.328 e. The molecule has 0 unspecified atom stereocenters. The van der Waals surface area contributed by atoms with Crippen LogP contribution < -0.4 is 4.74 Å². The molecular formula is C16H12Cl2O3. The maximum atomic E-state index is 10.6. The second-order valence-electron chi connectivity index (χ2n) is 4.37. The van der Waals surface area contributed by atoms with Gasteiger partial charge in [-0.3, -0.25) is 0 Å². The lowest BCUT2D eigenvalue weighted by Crippen LogP contribution is -1.90. The zero-order chi connectivity index (χ0) is 15.4. The fraction of sp³-hybridized carbons (Fsp3) is 0.0625. The van der Waals surface area contributed by atoms with Crippen molar-refractivity contribution in [3.8, 4) is 11.5 Å². The van der Waals surface area contributed by atoms with Gasteiger partial charge in [0.15, 0.2) is 0 Å². The number of carboxylic acids is 1. The molecule has 2 aromatic carbocycles. The average Bonchev–Trinajstić information content (AvgIpc) is 2.42. The van der Waals surface area contributed by atoms with Gasteiger partial charge in [0.2, 0.25) is 0 Å². The van der Waals surface area contributed by atoms with Crippen LogP contribution in [0.3, 0.4) is 0 Å². The molecule has 0 spiro atoms. The summed E-state index contributed by atoms with van der Waals surface area (Å²) >= 11 is 11.9. The van der Waals surface area contributed by atoms with Gasteiger partial charge in [-0.1, -0.05) is 35.3 Å². The molecule has 108 valence electrons. The Morgan fingerprint density at radius 1 is 1.14 bits per heavy atom. The average molecular weight is 323 g/mol. The zero-order valence-electron chi connectivity index (χ0n) is 11.1. The van der Waals surface area contributed by atoms with Crippen LogP contribution in [-0.2, 0) is 4.79 Å². The second kappa shape index (κ2) is 6.66. The first-order valence-electron chi connectivity index (χ1n) is 6.10. The molecule has 2 rings (SSSR count). The molecule has 0 radical (unpaired) electrons. The summed E-state index contributed by atoms with van der Waals surface area (Å²) in [6.07, 6.45) is 1.16. The van der Waals surface area contributed by atoms with Crippen LogP contribution in [0.5, 0.6) is 11.5 Å². The Labute approximate surface area is 132 Å². The number of hydrogen-bond donors (Lipinski definition) is 1. The Morgan fingerprint density at radius 3 is 2.38 bits per heavy atom. The highest BCUT2D eigenvalue weighted by molar-refractivity contribution is 6.35. The summed E-state index contributed by atoms with van der Waals surface area (Å²) in [6.45, 7) is 1.74. The molecule has 0 bridgehead atoms. The van der Waals surface area contributed by atoms with Gasteiger partial charge in [-0.15, -0.1) is 0 Å². The Hall–Kier alpha value is -1.97. The third-order valence-corrected chi connectivity index (χ3v) is 3.30. The minimum Gasteiger partial charge on any atom is -0.478 e. The minimum absolute atomic E-state index is 0.425. The van der Waals surface area contributed by atoms with Gasteiger partial charge in [0.1, 0.15) is 11.5 Å². The van der Waals surface area contributed by atoms with Crippen molar-refractivity contribution in [1.82, 2.24) is 0 Å². The van der Waals surface area contributed by atoms with Gasteiger partial charge in [-0.25, -0.2) is 4.79 Å². The van der Waals surface area contributed by atoms with Crippen molar-refractivity contribution in [2.24, 2.45) is 0 Å². The number of rotatable bonds is 4. The highest BCUT2D eigenvalue weighted by Gasteiger charge is 2.05. The topological polar surface area (TPSA) is 46.5 Å². The molecule has 21 heavy (non-hydrogen) atoms. The van der Waals surface area contributed by atoms with Crippen molar-refractivity contribution in [2.45, 2.75) is 6.92 Å². The van der Waals surface area contributed by atoms with Crippen LogP contribution in [0.2, 0.25) is 10.0 Å². The van der Waals surface area contributed by atoms with Gasteiger partial charge in [-0.2, -0.15) is 0 Å². The fourth-order valence-corrected chi connectivity index (χ4v) is 2.19. The van der Waals surface area contributed by atoms with Crippen molar-refractivity contribution in [2.75, 3.05) is 0 Å². The fourth-order valence-electron chi connectivity index (χ4n) is 1.74. The molecule has 0 aliphatic heterocycles. The Kier molecular flexibility index (Phi) is 4.89. The summed E-state index contributed by atoms with van der Waals surface area (Å²) in [6, 6.07) is 12.1. The van der Waals surface area contributed by atoms with Gasteiger partial charge in [0, 0.05) is 11.1 Å². The SMILES string of the molecule is C/C(=C\C(=O)O)c1ccc(Oc2ccc(Cl)cc2Cl)cc1. The third kappa shape index (κ3) is 4.25. The number of carboxylic acid groups (broad SMARTS) is 1. The van der Waals surface area contributed by atoms with E-state index in [9.17, 15) is 4.79 Å². The van der Waals surface area contributed by atoms with E-state index in [1.165, 1.54) is 0 Å². The van der Waals surface area contributed by atoms with E-state index in [4.69, 9.17) is 33.0 Å². The van der Waals surface area contributed by atoms with Crippen LogP contribution in [0.25, 0.3) is 5.57 Å². The van der Waals surface area contributed by atoms with Crippen LogP contribution in [0.4, 0.5) is 0 Å². The molecule has 0 fully saturated rings. The molecule has 3 nitrogen and oxygen atoms in total. The van der Waals surface area contributed by atoms with E-state index in [2.05, 4.69) is 0 Å². The van der Waals surface area contributed by atoms with E-state index in [-0.39, 0.29) is 0 Å². The van der Waals surface area contributed by atoms with E-state index in [1.807, 2.05) is 0 Å². The van der Waals surface area contributed by atoms with E-state index < -0.39 is 5.97 Å². The molecule has 0 aliphatic carbocycles. The molecule has 0 aromatic heterocycles. The van der Waals surface area contributed by atoms with Gasteiger partial charge in [0.05, 0.1) is 5.02 Å². The highest BCUT2D eigenvalue weighted by atomic mass is 35.5. The number of allylic oxidation sites excluding steroid dienone is 1. The largest absolute Gasteiger partial charge is 0.478 e. The molecule has 0 amide bonds. The lowest BCUT2D eigenvalue weighted by Gasteiger charge is -2.08. The van der Waals surface area contributed by atoms with E-state index in [1.54, 1.807) is 49.4 Å². The number of carbonyl (C=O) groups is 1. The van der Waals surface area contributed by atoms with E-state index in [0.29, 0.717) is 27.1 Å². The molecule has 0 heterocycles. The van der Waals surface area contributed by atoms with Crippen LogP contribution >= 0.6 is 23.2 Å². The number of ether oxygens (including phenoxy) is 1. The van der Waals surface area contributed by atoms with Crippen molar-refractivity contribution in [1.29, 1.82) is 0 Å². The summed E-state index contributed by atoms with van der Waals surface area (Å²) in [5.41, 5.74) is 1.48. The number of aliphatic carboxylic acids is 1. The molecule has 0 aliphatic rings. The number of hydrogen-bond acceptors (Lipinski definition) is 2. The normalized spacial score (nSPS) is 11.3. The highest BCUT2D eigenvalue weighted by Crippen LogP contribution is 2.31. The maximum absolute atomic E-state index is 10.6. The lowest BCUT2D eigenvalue weighted by molar-refractivity contribution is -0.131. The molecule has 0 saturated carbocycles. The summed E-state index contributed by atoms with van der Waals surface area (Å²) in [4.78, 5) is 10.6. The van der Waals surface area contributed by atoms with E-state index in [0.717, 1.165) is 11.6 Å². The van der Waals surface area contributed by atoms with Gasteiger partial charge >= 0.3 is 5.97 Å². The van der Waals surface area contributed by atoms with E-state index >= 15 is 0 Å². The Morgan fingerprint density at radius 2 is 1.81 bits per heavy atom. The van der Waals surface area contributed by atoms with Crippen LogP contribution in [0, 0.1) is 0 Å². The summed E-state index contributed by atoms with van der Waals surface area (Å²) in [5.74, 6) is 0.137. The van der Waals surface area contributed by atoms with Crippen molar-refractivity contribution >= 4 is 34.7 Å². The van der Waals surface area contributed by atoms with Crippen molar-refractivity contribution in [3.63, 3.8) is 0 Å². The maximum Gasteiger partial charge on any atom is 0.328 e. The van der Waals surface area contributed by atoms with Gasteiger partial charge in [0.25, 0.3) is 0 Å². The molecular weight excluding hydrogens is 311 g/mol. The van der Waals surface area contributed by atoms with Crippen LogP contribution in [0.15, 0.2) is 48.5 Å². The molecule has 1 N–H and O–H groups in total. The van der Waals surface area contributed by atoms with Crippen LogP contribution in [0.1, 0.15) is 12.5 Å². The Balaban J connectivity index is 2.18. The summed E-state index contributed by atoms with van der Waals surface area (Å²) in [7, 11) is 0. The zero-order valence-corrected chi connectivity index (χ0v) is 12.7. The Bertz CT molecular complexity index is 691. The summed E-state index contributed by atoms with van der Waals surface area (Å²) < 4.78 is 5.65. The van der Waals surface area contributed by atoms with Gasteiger partial charge in [-0.05, 0) is 48.4 Å². The second-order valence-corrected chi connectivity index (χ2v) is 5.21. The quantitative estimate of drug-likeness (QED) is 0.779. The predicted octanol–water partition coefficient (Wildman–Crippen LogP) is 5.27. The van der Waals surface area contributed by atoms with Gasteiger partial charge < -0.3 is 9.84 Å². The van der Waals surface area contributed by atoms with Crippen molar-refractivity contribution < 1.29 is 14.6 Å². The monoisotopic (exact) mass is 322 g/mol. The molecule has 0 atom stereocenters. The first-order chi connectivity index (χ1) is 9.95. The lowest BCUT2D eigenvalue weighted by atomic mass is 10.1. The number of halogens is 2. The standard InChI is InChI=1S/C16H12Cl2O3/c1-10(8-16(19)20)11-2-5-13(6-3-11)21-15-7-4-12(17)9-14(15)18/h2-9H,1H3,(H,19,20)/b10-8+.